The van der Waals surface area contributed by atoms with E-state index in [0.29, 0.717) is 16.7 Å². The summed E-state index contributed by atoms with van der Waals surface area (Å²) >= 11 is 5.95. The molecule has 1 amide bonds. The number of nitrogens with one attached hydrogen (secondary N) is 2. The highest BCUT2D eigenvalue weighted by Gasteiger charge is 2.21. The van der Waals surface area contributed by atoms with Gasteiger partial charge >= 0.3 is 0 Å². The molecule has 1 aliphatic rings. The molecule has 0 saturated carbocycles. The van der Waals surface area contributed by atoms with Crippen molar-refractivity contribution >= 4 is 40.6 Å². The standard InChI is InChI=1S/C13H12ClN5O/c1-19(2)13-17-10(12(20)18-13)3-7-5-15-11-9(7)4-8(14)6-16-11/h3-6H,1-2H3,(H,15,16)(H,17,18,20)/b10-3-. The van der Waals surface area contributed by atoms with E-state index in [4.69, 9.17) is 11.6 Å². The van der Waals surface area contributed by atoms with Gasteiger partial charge in [-0.3, -0.25) is 10.1 Å². The molecular formula is C13H12ClN5O. The van der Waals surface area contributed by atoms with Crippen LogP contribution in [0.5, 0.6) is 0 Å². The summed E-state index contributed by atoms with van der Waals surface area (Å²) in [5.74, 6) is 0.301. The Morgan fingerprint density at radius 3 is 2.90 bits per heavy atom. The van der Waals surface area contributed by atoms with Gasteiger partial charge in [-0.2, -0.15) is 0 Å². The quantitative estimate of drug-likeness (QED) is 0.783. The second kappa shape index (κ2) is 4.64. The van der Waals surface area contributed by atoms with Crippen molar-refractivity contribution in [3.8, 4) is 0 Å². The van der Waals surface area contributed by atoms with Crippen molar-refractivity contribution in [2.75, 3.05) is 14.1 Å². The topological polar surface area (TPSA) is 73.4 Å². The summed E-state index contributed by atoms with van der Waals surface area (Å²) in [6, 6.07) is 1.80. The molecule has 0 aromatic carbocycles. The first-order valence-corrected chi connectivity index (χ1v) is 6.34. The van der Waals surface area contributed by atoms with Crippen LogP contribution in [0, 0.1) is 0 Å². The SMILES string of the molecule is CN(C)C1=N/C(=C\c2c[nH]c3ncc(Cl)cc23)C(=O)N1. The summed E-state index contributed by atoms with van der Waals surface area (Å²) in [4.78, 5) is 25.0. The number of hydrogen-bond acceptors (Lipinski definition) is 4. The number of carbonyl (C=O) groups excluding carboxylic acids is 1. The van der Waals surface area contributed by atoms with Crippen molar-refractivity contribution < 1.29 is 4.79 Å². The maximum absolute atomic E-state index is 11.8. The smallest absolute Gasteiger partial charge is 0.276 e. The molecule has 0 radical (unpaired) electrons. The number of nitrogens with zero attached hydrogens (tertiary/aromatic N) is 3. The van der Waals surface area contributed by atoms with Crippen LogP contribution in [0.2, 0.25) is 5.02 Å². The van der Waals surface area contributed by atoms with E-state index in [1.54, 1.807) is 29.4 Å². The highest BCUT2D eigenvalue weighted by molar-refractivity contribution is 6.31. The van der Waals surface area contributed by atoms with Crippen molar-refractivity contribution in [2.24, 2.45) is 4.99 Å². The van der Waals surface area contributed by atoms with Crippen molar-refractivity contribution in [1.29, 1.82) is 0 Å². The second-order valence-corrected chi connectivity index (χ2v) is 5.04. The van der Waals surface area contributed by atoms with Gasteiger partial charge in [-0.1, -0.05) is 11.6 Å². The fourth-order valence-electron chi connectivity index (χ4n) is 1.93. The van der Waals surface area contributed by atoms with Crippen molar-refractivity contribution in [3.05, 3.63) is 34.7 Å². The molecule has 2 aromatic heterocycles. The number of H-pyrrole nitrogens is 1. The summed E-state index contributed by atoms with van der Waals surface area (Å²) in [7, 11) is 3.63. The third-order valence-electron chi connectivity index (χ3n) is 2.93. The highest BCUT2D eigenvalue weighted by Crippen LogP contribution is 2.23. The summed E-state index contributed by atoms with van der Waals surface area (Å²) in [6.07, 6.45) is 5.06. The second-order valence-electron chi connectivity index (χ2n) is 4.61. The summed E-state index contributed by atoms with van der Waals surface area (Å²) < 4.78 is 0. The van der Waals surface area contributed by atoms with Gasteiger partial charge in [0.25, 0.3) is 5.91 Å². The zero-order valence-electron chi connectivity index (χ0n) is 10.9. The molecule has 20 heavy (non-hydrogen) atoms. The number of fused-ring (bicyclic) bond motifs is 1. The van der Waals surface area contributed by atoms with Gasteiger partial charge < -0.3 is 9.88 Å². The van der Waals surface area contributed by atoms with Crippen LogP contribution in [0.15, 0.2) is 29.1 Å². The van der Waals surface area contributed by atoms with Crippen LogP contribution in [0.4, 0.5) is 0 Å². The third-order valence-corrected chi connectivity index (χ3v) is 3.14. The Hall–Kier alpha value is -2.34. The normalized spacial score (nSPS) is 16.6. The van der Waals surface area contributed by atoms with E-state index >= 15 is 0 Å². The fraction of sp³-hybridized carbons (Fsp3) is 0.154. The van der Waals surface area contributed by atoms with Crippen LogP contribution in [0.25, 0.3) is 17.1 Å². The first-order valence-electron chi connectivity index (χ1n) is 5.96. The lowest BCUT2D eigenvalue weighted by Crippen LogP contribution is -2.35. The van der Waals surface area contributed by atoms with Crippen LogP contribution >= 0.6 is 11.6 Å². The molecule has 0 fully saturated rings. The average molecular weight is 290 g/mol. The van der Waals surface area contributed by atoms with Gasteiger partial charge in [0.15, 0.2) is 0 Å². The van der Waals surface area contributed by atoms with Gasteiger partial charge in [0.1, 0.15) is 11.3 Å². The van der Waals surface area contributed by atoms with E-state index in [1.165, 1.54) is 0 Å². The van der Waals surface area contributed by atoms with Crippen LogP contribution in [0.3, 0.4) is 0 Å². The number of amides is 1. The molecule has 0 bridgehead atoms. The van der Waals surface area contributed by atoms with E-state index in [2.05, 4.69) is 20.3 Å². The summed E-state index contributed by atoms with van der Waals surface area (Å²) in [5, 5.41) is 4.09. The Balaban J connectivity index is 2.06. The van der Waals surface area contributed by atoms with Crippen molar-refractivity contribution in [2.45, 2.75) is 0 Å². The molecule has 0 saturated heterocycles. The number of hydrogen-bond donors (Lipinski definition) is 2. The minimum atomic E-state index is -0.224. The molecule has 2 N–H and O–H groups in total. The van der Waals surface area contributed by atoms with Gasteiger partial charge in [-0.05, 0) is 12.1 Å². The van der Waals surface area contributed by atoms with Crippen molar-refractivity contribution in [1.82, 2.24) is 20.2 Å². The van der Waals surface area contributed by atoms with E-state index in [0.717, 1.165) is 16.6 Å². The van der Waals surface area contributed by atoms with Crippen LogP contribution in [0.1, 0.15) is 5.56 Å². The Kier molecular flexibility index (Phi) is 2.94. The molecule has 0 atom stereocenters. The lowest BCUT2D eigenvalue weighted by Gasteiger charge is -2.09. The van der Waals surface area contributed by atoms with Crippen LogP contribution in [-0.2, 0) is 4.79 Å². The van der Waals surface area contributed by atoms with Gasteiger partial charge in [0.2, 0.25) is 5.96 Å². The van der Waals surface area contributed by atoms with Crippen molar-refractivity contribution in [3.63, 3.8) is 0 Å². The molecular weight excluding hydrogens is 278 g/mol. The Bertz CT molecular complexity index is 759. The van der Waals surface area contributed by atoms with E-state index < -0.39 is 0 Å². The number of aromatic nitrogens is 2. The largest absolute Gasteiger partial charge is 0.348 e. The minimum Gasteiger partial charge on any atom is -0.348 e. The predicted octanol–water partition coefficient (Wildman–Crippen LogP) is 1.60. The van der Waals surface area contributed by atoms with Gasteiger partial charge in [0, 0.05) is 37.4 Å². The summed E-state index contributed by atoms with van der Waals surface area (Å²) in [5.41, 5.74) is 1.90. The molecule has 102 valence electrons. The molecule has 0 spiro atoms. The first-order chi connectivity index (χ1) is 9.54. The maximum atomic E-state index is 11.8. The lowest BCUT2D eigenvalue weighted by atomic mass is 10.2. The number of aromatic amines is 1. The van der Waals surface area contributed by atoms with Crippen LogP contribution < -0.4 is 5.32 Å². The molecule has 7 heteroatoms. The number of pyridine rings is 1. The molecule has 1 aliphatic heterocycles. The number of aliphatic imine (C=N–C) groups is 1. The zero-order chi connectivity index (χ0) is 14.3. The van der Waals surface area contributed by atoms with Crippen LogP contribution in [-0.4, -0.2) is 40.8 Å². The Labute approximate surface area is 120 Å². The first kappa shape index (κ1) is 12.7. The van der Waals surface area contributed by atoms with Gasteiger partial charge in [-0.25, -0.2) is 9.98 Å². The fourth-order valence-corrected chi connectivity index (χ4v) is 2.09. The molecule has 3 rings (SSSR count). The van der Waals surface area contributed by atoms with E-state index in [-0.39, 0.29) is 5.91 Å². The van der Waals surface area contributed by atoms with E-state index in [1.807, 2.05) is 14.1 Å². The minimum absolute atomic E-state index is 0.224. The van der Waals surface area contributed by atoms with E-state index in [9.17, 15) is 4.79 Å². The Morgan fingerprint density at radius 2 is 2.20 bits per heavy atom. The number of carbonyl (C=O) groups is 1. The Morgan fingerprint density at radius 1 is 1.40 bits per heavy atom. The van der Waals surface area contributed by atoms with Gasteiger partial charge in [0.05, 0.1) is 5.02 Å². The summed E-state index contributed by atoms with van der Waals surface area (Å²) in [6.45, 7) is 0. The molecule has 0 unspecified atom stereocenters. The molecule has 6 nitrogen and oxygen atoms in total. The number of rotatable bonds is 1. The maximum Gasteiger partial charge on any atom is 0.276 e. The highest BCUT2D eigenvalue weighted by atomic mass is 35.5. The molecule has 3 heterocycles. The third kappa shape index (κ3) is 2.14. The van der Waals surface area contributed by atoms with Gasteiger partial charge in [-0.15, -0.1) is 0 Å². The monoisotopic (exact) mass is 289 g/mol. The number of guanidine groups is 1. The zero-order valence-corrected chi connectivity index (χ0v) is 11.7. The average Bonchev–Trinajstić information content (AvgIpc) is 2.95. The molecule has 2 aromatic rings. The molecule has 0 aliphatic carbocycles. The lowest BCUT2D eigenvalue weighted by molar-refractivity contribution is -0.115. The predicted molar refractivity (Wildman–Crippen MR) is 78.3 cm³/mol. The number of halogens is 1.